The molecule has 0 aromatic carbocycles. The van der Waals surface area contributed by atoms with E-state index in [1.165, 1.54) is 0 Å². The third-order valence-electron chi connectivity index (χ3n) is 2.46. The lowest BCUT2D eigenvalue weighted by molar-refractivity contribution is -0.297. The molecule has 0 saturated carbocycles. The summed E-state index contributed by atoms with van der Waals surface area (Å²) in [6.07, 6.45) is 0.965. The van der Waals surface area contributed by atoms with Crippen molar-refractivity contribution in [2.45, 2.75) is 38.9 Å². The van der Waals surface area contributed by atoms with E-state index in [4.69, 9.17) is 9.47 Å². The number of ether oxygens (including phenoxy) is 2. The van der Waals surface area contributed by atoms with Crippen LogP contribution in [-0.2, 0) is 38.6 Å². The minimum atomic E-state index is -1.28. The lowest BCUT2D eigenvalue weighted by atomic mass is 10.3. The highest BCUT2D eigenvalue weighted by atomic mass is 17.2. The van der Waals surface area contributed by atoms with E-state index in [9.17, 15) is 9.59 Å². The Balaban J connectivity index is 3.59. The lowest BCUT2D eigenvalue weighted by Crippen LogP contribution is -2.22. The van der Waals surface area contributed by atoms with Crippen molar-refractivity contribution in [3.05, 3.63) is 0 Å². The average Bonchev–Trinajstić information content (AvgIpc) is 2.46. The zero-order chi connectivity index (χ0) is 15.4. The van der Waals surface area contributed by atoms with Gasteiger partial charge in [-0.25, -0.2) is 9.59 Å². The monoisotopic (exact) mass is 294 g/mol. The van der Waals surface area contributed by atoms with Crippen molar-refractivity contribution in [2.24, 2.45) is 0 Å². The molecule has 0 aliphatic rings. The van der Waals surface area contributed by atoms with Gasteiger partial charge in [-0.05, 0) is 13.8 Å². The minimum absolute atomic E-state index is 0.0354. The fraction of sp³-hybridized carbons (Fsp3) is 0.833. The van der Waals surface area contributed by atoms with Crippen molar-refractivity contribution >= 4 is 11.9 Å². The standard InChI is InChI=1S/C12H22O8/c1-9(15-3)5-7-17-19-11(13)12(14)20-18-8-6-10(2)16-4/h9-10H,5-8H2,1-4H3/t9-,10-/m0/s1. The van der Waals surface area contributed by atoms with Crippen molar-refractivity contribution in [2.75, 3.05) is 27.4 Å². The number of hydrogen-bond acceptors (Lipinski definition) is 8. The molecule has 0 radical (unpaired) electrons. The Hall–Kier alpha value is -1.22. The zero-order valence-electron chi connectivity index (χ0n) is 12.2. The third kappa shape index (κ3) is 9.68. The predicted octanol–water partition coefficient (Wildman–Crippen LogP) is 0.786. The normalized spacial score (nSPS) is 13.6. The highest BCUT2D eigenvalue weighted by Crippen LogP contribution is 1.98. The molecule has 0 N–H and O–H groups in total. The summed E-state index contributed by atoms with van der Waals surface area (Å²) in [6.45, 7) is 3.88. The first-order valence-corrected chi connectivity index (χ1v) is 6.24. The minimum Gasteiger partial charge on any atom is -0.382 e. The van der Waals surface area contributed by atoms with E-state index in [1.54, 1.807) is 14.2 Å². The molecule has 0 unspecified atom stereocenters. The maximum Gasteiger partial charge on any atom is 0.453 e. The zero-order valence-corrected chi connectivity index (χ0v) is 12.2. The molecule has 0 aromatic heterocycles. The first-order chi connectivity index (χ1) is 9.51. The number of methoxy groups -OCH3 is 2. The summed E-state index contributed by atoms with van der Waals surface area (Å²) in [7, 11) is 3.10. The molecule has 0 bridgehead atoms. The fourth-order valence-electron chi connectivity index (χ4n) is 0.922. The Morgan fingerprint density at radius 1 is 0.800 bits per heavy atom. The van der Waals surface area contributed by atoms with Crippen molar-refractivity contribution in [1.29, 1.82) is 0 Å². The number of rotatable bonds is 10. The molecule has 0 fully saturated rings. The Morgan fingerprint density at radius 3 is 1.45 bits per heavy atom. The van der Waals surface area contributed by atoms with E-state index in [1.807, 2.05) is 13.8 Å². The van der Waals surface area contributed by atoms with E-state index in [2.05, 4.69) is 19.6 Å². The SMILES string of the molecule is CO[C@@H](C)CCOOC(=O)C(=O)OOCC[C@H](C)OC. The van der Waals surface area contributed by atoms with E-state index >= 15 is 0 Å². The molecule has 0 aromatic rings. The molecule has 118 valence electrons. The smallest absolute Gasteiger partial charge is 0.382 e. The van der Waals surface area contributed by atoms with Crippen LogP contribution in [0.25, 0.3) is 0 Å². The maximum atomic E-state index is 11.1. The molecule has 0 aliphatic heterocycles. The van der Waals surface area contributed by atoms with Crippen LogP contribution >= 0.6 is 0 Å². The Labute approximate surface area is 118 Å². The second kappa shape index (κ2) is 11.6. The predicted molar refractivity (Wildman–Crippen MR) is 66.3 cm³/mol. The summed E-state index contributed by atoms with van der Waals surface area (Å²) in [6, 6.07) is 0. The second-order valence-electron chi connectivity index (χ2n) is 4.06. The van der Waals surface area contributed by atoms with E-state index < -0.39 is 11.9 Å². The van der Waals surface area contributed by atoms with Crippen LogP contribution < -0.4 is 0 Å². The average molecular weight is 294 g/mol. The summed E-state index contributed by atoms with van der Waals surface area (Å²) >= 11 is 0. The second-order valence-corrected chi connectivity index (χ2v) is 4.06. The summed E-state index contributed by atoms with van der Waals surface area (Å²) in [5.74, 6) is -2.57. The quantitative estimate of drug-likeness (QED) is 0.253. The van der Waals surface area contributed by atoms with Crippen LogP contribution in [-0.4, -0.2) is 51.6 Å². The molecule has 0 spiro atoms. The van der Waals surface area contributed by atoms with Gasteiger partial charge in [0.15, 0.2) is 0 Å². The molecule has 2 atom stereocenters. The topological polar surface area (TPSA) is 89.5 Å². The van der Waals surface area contributed by atoms with Gasteiger partial charge in [-0.2, -0.15) is 9.78 Å². The molecule has 8 nitrogen and oxygen atoms in total. The Kier molecular flexibility index (Phi) is 10.9. The van der Waals surface area contributed by atoms with Gasteiger partial charge in [-0.3, -0.25) is 9.78 Å². The van der Waals surface area contributed by atoms with Crippen molar-refractivity contribution in [1.82, 2.24) is 0 Å². The van der Waals surface area contributed by atoms with Crippen LogP contribution in [0.1, 0.15) is 26.7 Å². The molecule has 8 heteroatoms. The molecule has 0 aliphatic carbocycles. The summed E-state index contributed by atoms with van der Waals surface area (Å²) in [5, 5.41) is 0. The molecule has 20 heavy (non-hydrogen) atoms. The number of hydrogen-bond donors (Lipinski definition) is 0. The maximum absolute atomic E-state index is 11.1. The van der Waals surface area contributed by atoms with Gasteiger partial charge >= 0.3 is 11.9 Å². The van der Waals surface area contributed by atoms with Crippen molar-refractivity contribution < 1.29 is 38.6 Å². The molecule has 0 saturated heterocycles. The third-order valence-corrected chi connectivity index (χ3v) is 2.46. The molecule has 0 amide bonds. The van der Waals surface area contributed by atoms with Gasteiger partial charge in [0.25, 0.3) is 0 Å². The van der Waals surface area contributed by atoms with Gasteiger partial charge in [0, 0.05) is 27.1 Å². The highest BCUT2D eigenvalue weighted by molar-refractivity contribution is 6.29. The Bertz CT molecular complexity index is 253. The summed E-state index contributed by atoms with van der Waals surface area (Å²) in [4.78, 5) is 39.7. The highest BCUT2D eigenvalue weighted by Gasteiger charge is 2.20. The first kappa shape index (κ1) is 18.8. The van der Waals surface area contributed by atoms with Gasteiger partial charge in [0.2, 0.25) is 0 Å². The van der Waals surface area contributed by atoms with Crippen LogP contribution in [0.5, 0.6) is 0 Å². The van der Waals surface area contributed by atoms with Crippen LogP contribution in [0.4, 0.5) is 0 Å². The molecule has 0 heterocycles. The lowest BCUT2D eigenvalue weighted by Gasteiger charge is -2.09. The van der Waals surface area contributed by atoms with Gasteiger partial charge < -0.3 is 9.47 Å². The van der Waals surface area contributed by atoms with Gasteiger partial charge in [0.05, 0.1) is 25.4 Å². The largest absolute Gasteiger partial charge is 0.453 e. The van der Waals surface area contributed by atoms with Gasteiger partial charge in [0.1, 0.15) is 0 Å². The van der Waals surface area contributed by atoms with Gasteiger partial charge in [-0.15, -0.1) is 0 Å². The number of carbonyl (C=O) groups excluding carboxylic acids is 2. The molecular formula is C12H22O8. The molecular weight excluding hydrogens is 272 g/mol. The number of carbonyl (C=O) groups is 2. The van der Waals surface area contributed by atoms with Gasteiger partial charge in [-0.1, -0.05) is 0 Å². The van der Waals surface area contributed by atoms with Crippen LogP contribution in [0.15, 0.2) is 0 Å². The van der Waals surface area contributed by atoms with E-state index in [0.29, 0.717) is 12.8 Å². The van der Waals surface area contributed by atoms with Crippen LogP contribution in [0.3, 0.4) is 0 Å². The van der Waals surface area contributed by atoms with Crippen molar-refractivity contribution in [3.8, 4) is 0 Å². The summed E-state index contributed by atoms with van der Waals surface area (Å²) < 4.78 is 9.91. The fourth-order valence-corrected chi connectivity index (χ4v) is 0.922. The van der Waals surface area contributed by atoms with Crippen LogP contribution in [0, 0.1) is 0 Å². The molecule has 0 rings (SSSR count). The van der Waals surface area contributed by atoms with Crippen LogP contribution in [0.2, 0.25) is 0 Å². The van der Waals surface area contributed by atoms with E-state index in [0.717, 1.165) is 0 Å². The Morgan fingerprint density at radius 2 is 1.15 bits per heavy atom. The van der Waals surface area contributed by atoms with Crippen molar-refractivity contribution in [3.63, 3.8) is 0 Å². The van der Waals surface area contributed by atoms with E-state index in [-0.39, 0.29) is 25.4 Å². The first-order valence-electron chi connectivity index (χ1n) is 6.24. The summed E-state index contributed by atoms with van der Waals surface area (Å²) in [5.41, 5.74) is 0.